The molecule has 0 amide bonds. The molecule has 0 saturated carbocycles. The Morgan fingerprint density at radius 3 is 2.82 bits per heavy atom. The zero-order valence-electron chi connectivity index (χ0n) is 6.66. The average molecular weight is 145 g/mol. The number of allylic oxidation sites excluding steroid dienone is 8. The number of hydrogen-bond donors (Lipinski definition) is 0. The monoisotopic (exact) mass is 145 g/mol. The Labute approximate surface area is 68.6 Å². The zero-order chi connectivity index (χ0) is 7.78. The van der Waals surface area contributed by atoms with E-state index in [0.717, 1.165) is 6.42 Å². The second kappa shape index (κ2) is 5.72. The van der Waals surface area contributed by atoms with E-state index in [4.69, 9.17) is 0 Å². The van der Waals surface area contributed by atoms with Crippen molar-refractivity contribution in [3.63, 3.8) is 0 Å². The Hall–Kier alpha value is -1.04. The normalized spacial score (nSPS) is 18.2. The first-order chi connectivity index (χ1) is 5.50. The van der Waals surface area contributed by atoms with Crippen LogP contribution in [-0.4, -0.2) is 0 Å². The Morgan fingerprint density at radius 1 is 0.909 bits per heavy atom. The fourth-order valence-electron chi connectivity index (χ4n) is 0.903. The third kappa shape index (κ3) is 4.38. The van der Waals surface area contributed by atoms with Crippen LogP contribution in [0.1, 0.15) is 19.3 Å². The van der Waals surface area contributed by atoms with Crippen LogP contribution in [0.5, 0.6) is 0 Å². The molecule has 1 rings (SSSR count). The summed E-state index contributed by atoms with van der Waals surface area (Å²) in [4.78, 5) is 0. The van der Waals surface area contributed by atoms with Gasteiger partial charge >= 0.3 is 0 Å². The fourth-order valence-corrected chi connectivity index (χ4v) is 0.903. The predicted octanol–water partition coefficient (Wildman–Crippen LogP) is 3.20. The van der Waals surface area contributed by atoms with Crippen molar-refractivity contribution < 1.29 is 0 Å². The summed E-state index contributed by atoms with van der Waals surface area (Å²) in [5.41, 5.74) is 0. The molecule has 1 aliphatic carbocycles. The molecule has 11 heavy (non-hydrogen) atoms. The highest BCUT2D eigenvalue weighted by Gasteiger charge is 1.79. The van der Waals surface area contributed by atoms with Gasteiger partial charge in [0.2, 0.25) is 0 Å². The van der Waals surface area contributed by atoms with Crippen molar-refractivity contribution in [2.75, 3.05) is 0 Å². The first kappa shape index (κ1) is 8.06. The lowest BCUT2D eigenvalue weighted by Gasteiger charge is -1.86. The zero-order valence-corrected chi connectivity index (χ0v) is 6.66. The average Bonchev–Trinajstić information content (AvgIpc) is 2.08. The van der Waals surface area contributed by atoms with Gasteiger partial charge in [-0.3, -0.25) is 0 Å². The van der Waals surface area contributed by atoms with E-state index in [1.54, 1.807) is 0 Å². The third-order valence-electron chi connectivity index (χ3n) is 1.50. The Bertz CT molecular complexity index is 170. The van der Waals surface area contributed by atoms with Crippen LogP contribution in [-0.2, 0) is 0 Å². The van der Waals surface area contributed by atoms with Gasteiger partial charge < -0.3 is 0 Å². The van der Waals surface area contributed by atoms with Gasteiger partial charge in [0.1, 0.15) is 0 Å². The van der Waals surface area contributed by atoms with Crippen molar-refractivity contribution >= 4 is 0 Å². The summed E-state index contributed by atoms with van der Waals surface area (Å²) in [5.74, 6) is 0. The van der Waals surface area contributed by atoms with E-state index >= 15 is 0 Å². The van der Waals surface area contributed by atoms with Crippen molar-refractivity contribution in [1.29, 1.82) is 0 Å². The summed E-state index contributed by atoms with van der Waals surface area (Å²) in [5, 5.41) is 0. The third-order valence-corrected chi connectivity index (χ3v) is 1.50. The lowest BCUT2D eigenvalue weighted by atomic mass is 10.2. The van der Waals surface area contributed by atoms with Crippen LogP contribution in [0.2, 0.25) is 0 Å². The molecule has 0 bridgehead atoms. The lowest BCUT2D eigenvalue weighted by Crippen LogP contribution is -1.67. The highest BCUT2D eigenvalue weighted by atomic mass is 13.9. The Morgan fingerprint density at radius 2 is 1.82 bits per heavy atom. The first-order valence-corrected chi connectivity index (χ1v) is 4.06. The molecule has 0 aromatic rings. The van der Waals surface area contributed by atoms with Gasteiger partial charge in [0, 0.05) is 0 Å². The van der Waals surface area contributed by atoms with Crippen molar-refractivity contribution in [2.24, 2.45) is 0 Å². The van der Waals surface area contributed by atoms with Crippen LogP contribution in [0.4, 0.5) is 0 Å². The largest absolute Gasteiger partial charge is 0.0845 e. The molecule has 0 spiro atoms. The Kier molecular flexibility index (Phi) is 4.19. The maximum atomic E-state index is 3.10. The van der Waals surface area contributed by atoms with Gasteiger partial charge in [0.05, 0.1) is 0 Å². The van der Waals surface area contributed by atoms with Gasteiger partial charge in [0.15, 0.2) is 0 Å². The molecule has 0 heteroatoms. The van der Waals surface area contributed by atoms with E-state index in [0.29, 0.717) is 0 Å². The van der Waals surface area contributed by atoms with Crippen LogP contribution >= 0.6 is 0 Å². The molecule has 0 atom stereocenters. The molecule has 0 aromatic carbocycles. The molecule has 0 N–H and O–H groups in total. The first-order valence-electron chi connectivity index (χ1n) is 4.06. The summed E-state index contributed by atoms with van der Waals surface area (Å²) in [7, 11) is 0. The second-order valence-corrected chi connectivity index (χ2v) is 2.47. The summed E-state index contributed by atoms with van der Waals surface area (Å²) in [6.07, 6.45) is 21.0. The lowest BCUT2D eigenvalue weighted by molar-refractivity contribution is 0.867. The molecule has 0 nitrogen and oxygen atoms in total. The van der Waals surface area contributed by atoms with E-state index in [1.165, 1.54) is 12.8 Å². The van der Waals surface area contributed by atoms with Crippen LogP contribution < -0.4 is 0 Å². The maximum absolute atomic E-state index is 3.10. The van der Waals surface area contributed by atoms with Crippen LogP contribution in [0, 0.1) is 6.08 Å². The van der Waals surface area contributed by atoms with Crippen molar-refractivity contribution in [2.45, 2.75) is 19.3 Å². The second-order valence-electron chi connectivity index (χ2n) is 2.47. The van der Waals surface area contributed by atoms with Crippen LogP contribution in [0.25, 0.3) is 0 Å². The predicted molar refractivity (Wildman–Crippen MR) is 49.1 cm³/mol. The molecule has 1 radical (unpaired) electrons. The minimum absolute atomic E-state index is 1.13. The van der Waals surface area contributed by atoms with E-state index in [9.17, 15) is 0 Å². The molecule has 57 valence electrons. The van der Waals surface area contributed by atoms with Gasteiger partial charge in [-0.1, -0.05) is 42.5 Å². The van der Waals surface area contributed by atoms with Crippen molar-refractivity contribution in [1.82, 2.24) is 0 Å². The van der Waals surface area contributed by atoms with Gasteiger partial charge in [-0.2, -0.15) is 0 Å². The number of rotatable bonds is 0. The van der Waals surface area contributed by atoms with E-state index in [-0.39, 0.29) is 0 Å². The van der Waals surface area contributed by atoms with Gasteiger partial charge in [-0.05, 0) is 25.3 Å². The summed E-state index contributed by atoms with van der Waals surface area (Å²) in [6, 6.07) is 0. The van der Waals surface area contributed by atoms with Crippen LogP contribution in [0.15, 0.2) is 42.5 Å². The molecule has 1 aliphatic rings. The SMILES string of the molecule is [C]1=CCCCC=CC=CC=C1. The van der Waals surface area contributed by atoms with Gasteiger partial charge in [-0.25, -0.2) is 0 Å². The molecule has 0 fully saturated rings. The minimum Gasteiger partial charge on any atom is -0.0845 e. The van der Waals surface area contributed by atoms with Gasteiger partial charge in [0.25, 0.3) is 0 Å². The number of hydrogen-bond acceptors (Lipinski definition) is 0. The topological polar surface area (TPSA) is 0 Å². The quantitative estimate of drug-likeness (QED) is 0.491. The molecule has 0 unspecified atom stereocenters. The molecule has 0 aliphatic heterocycles. The highest BCUT2D eigenvalue weighted by molar-refractivity contribution is 5.13. The van der Waals surface area contributed by atoms with Crippen LogP contribution in [0.3, 0.4) is 0 Å². The fraction of sp³-hybridized carbons (Fsp3) is 0.273. The molecule has 0 aromatic heterocycles. The summed E-state index contributed by atoms with van der Waals surface area (Å²) >= 11 is 0. The Balaban J connectivity index is 2.47. The summed E-state index contributed by atoms with van der Waals surface area (Å²) in [6.45, 7) is 0. The molecule has 0 saturated heterocycles. The van der Waals surface area contributed by atoms with Gasteiger partial charge in [-0.15, -0.1) is 0 Å². The maximum Gasteiger partial charge on any atom is -0.0227 e. The highest BCUT2D eigenvalue weighted by Crippen LogP contribution is 1.99. The smallest absolute Gasteiger partial charge is 0.0227 e. The van der Waals surface area contributed by atoms with E-state index < -0.39 is 0 Å². The van der Waals surface area contributed by atoms with E-state index in [1.807, 2.05) is 24.3 Å². The summed E-state index contributed by atoms with van der Waals surface area (Å²) < 4.78 is 0. The van der Waals surface area contributed by atoms with E-state index in [2.05, 4.69) is 24.3 Å². The molecular weight excluding hydrogens is 132 g/mol. The molecular formula is C11H13. The van der Waals surface area contributed by atoms with Crippen molar-refractivity contribution in [3.05, 3.63) is 48.6 Å². The van der Waals surface area contributed by atoms with Crippen molar-refractivity contribution in [3.8, 4) is 0 Å². The standard InChI is InChI=1S/C11H13/c1-2-4-6-8-10-11-9-7-5-3-1/h1-6,10H,7,9,11H2. The minimum atomic E-state index is 1.13. The molecule has 0 heterocycles.